The van der Waals surface area contributed by atoms with Crippen LogP contribution in [-0.4, -0.2) is 13.0 Å². The molecule has 0 aliphatic rings. The summed E-state index contributed by atoms with van der Waals surface area (Å²) in [5.41, 5.74) is 0.327. The van der Waals surface area contributed by atoms with Gasteiger partial charge in [-0.1, -0.05) is 6.92 Å². The molecule has 7 nitrogen and oxygen atoms in total. The molecule has 0 aliphatic heterocycles. The van der Waals surface area contributed by atoms with Gasteiger partial charge in [0.2, 0.25) is 5.91 Å². The van der Waals surface area contributed by atoms with Gasteiger partial charge in [0.1, 0.15) is 29.7 Å². The van der Waals surface area contributed by atoms with Gasteiger partial charge in [-0.05, 0) is 18.2 Å². The van der Waals surface area contributed by atoms with E-state index in [4.69, 9.17) is 20.5 Å². The highest BCUT2D eigenvalue weighted by molar-refractivity contribution is 5.91. The average molecular weight is 295 g/mol. The van der Waals surface area contributed by atoms with Crippen molar-refractivity contribution >= 4 is 17.3 Å². The lowest BCUT2D eigenvalue weighted by molar-refractivity contribution is -0.115. The Balaban J connectivity index is 3.23. The number of nitrogens with one attached hydrogen (secondary N) is 2. The lowest BCUT2D eigenvalue weighted by atomic mass is 10.2. The van der Waals surface area contributed by atoms with Gasteiger partial charge in [0.25, 0.3) is 0 Å². The summed E-state index contributed by atoms with van der Waals surface area (Å²) in [7, 11) is 1.44. The second-order valence-corrected chi connectivity index (χ2v) is 4.03. The van der Waals surface area contributed by atoms with Crippen molar-refractivity contribution in [1.29, 1.82) is 15.8 Å². The standard InChI is InChI=1S/C15H13N5O2/c1-3-15(21)19-11-4-5-14(22-2)12(6-11)20-13(9-18)10(7-16)8-17/h4-6,20H,3H2,1-2H3,(H,19,21). The molecule has 0 bridgehead atoms. The topological polar surface area (TPSA) is 122 Å². The highest BCUT2D eigenvalue weighted by atomic mass is 16.5. The first-order valence-electron chi connectivity index (χ1n) is 6.29. The number of amides is 1. The van der Waals surface area contributed by atoms with Crippen LogP contribution in [-0.2, 0) is 4.79 Å². The number of allylic oxidation sites excluding steroid dienone is 2. The van der Waals surface area contributed by atoms with Gasteiger partial charge >= 0.3 is 0 Å². The highest BCUT2D eigenvalue weighted by Gasteiger charge is 2.11. The molecule has 1 aromatic rings. The maximum absolute atomic E-state index is 11.4. The number of anilines is 2. The minimum Gasteiger partial charge on any atom is -0.495 e. The second kappa shape index (κ2) is 7.94. The van der Waals surface area contributed by atoms with Crippen molar-refractivity contribution in [2.45, 2.75) is 13.3 Å². The number of rotatable bonds is 5. The third-order valence-corrected chi connectivity index (χ3v) is 2.65. The molecule has 0 aliphatic carbocycles. The van der Waals surface area contributed by atoms with Gasteiger partial charge in [0, 0.05) is 12.1 Å². The van der Waals surface area contributed by atoms with Crippen molar-refractivity contribution in [2.24, 2.45) is 0 Å². The fraction of sp³-hybridized carbons (Fsp3) is 0.200. The molecule has 0 saturated heterocycles. The zero-order chi connectivity index (χ0) is 16.5. The quantitative estimate of drug-likeness (QED) is 0.803. The smallest absolute Gasteiger partial charge is 0.224 e. The van der Waals surface area contributed by atoms with Crippen LogP contribution >= 0.6 is 0 Å². The van der Waals surface area contributed by atoms with Crippen molar-refractivity contribution < 1.29 is 9.53 Å². The first-order chi connectivity index (χ1) is 10.6. The largest absolute Gasteiger partial charge is 0.495 e. The van der Waals surface area contributed by atoms with Gasteiger partial charge in [-0.25, -0.2) is 0 Å². The Morgan fingerprint density at radius 2 is 1.86 bits per heavy atom. The molecule has 0 atom stereocenters. The van der Waals surface area contributed by atoms with Crippen LogP contribution in [0.5, 0.6) is 5.75 Å². The molecule has 0 radical (unpaired) electrons. The van der Waals surface area contributed by atoms with E-state index in [0.29, 0.717) is 23.5 Å². The zero-order valence-corrected chi connectivity index (χ0v) is 12.1. The molecule has 7 heteroatoms. The summed E-state index contributed by atoms with van der Waals surface area (Å²) in [4.78, 5) is 11.4. The van der Waals surface area contributed by atoms with E-state index in [2.05, 4.69) is 10.6 Å². The molecule has 0 unspecified atom stereocenters. The zero-order valence-electron chi connectivity index (χ0n) is 12.1. The number of hydrogen-bond acceptors (Lipinski definition) is 6. The molecular formula is C15H13N5O2. The number of hydrogen-bond donors (Lipinski definition) is 2. The predicted octanol–water partition coefficient (Wildman–Crippen LogP) is 2.28. The Labute approximate surface area is 128 Å². The normalized spacial score (nSPS) is 8.68. The Hall–Kier alpha value is -3.50. The van der Waals surface area contributed by atoms with E-state index in [1.807, 2.05) is 0 Å². The summed E-state index contributed by atoms with van der Waals surface area (Å²) in [6.45, 7) is 1.72. The Morgan fingerprint density at radius 3 is 2.36 bits per heavy atom. The maximum atomic E-state index is 11.4. The number of carbonyl (C=O) groups excluding carboxylic acids is 1. The summed E-state index contributed by atoms with van der Waals surface area (Å²) in [6, 6.07) is 9.83. The second-order valence-electron chi connectivity index (χ2n) is 4.03. The van der Waals surface area contributed by atoms with Crippen LogP contribution in [0.25, 0.3) is 0 Å². The summed E-state index contributed by atoms with van der Waals surface area (Å²) in [5, 5.41) is 32.1. The summed E-state index contributed by atoms with van der Waals surface area (Å²) in [6.07, 6.45) is 0.325. The number of carbonyl (C=O) groups is 1. The Morgan fingerprint density at radius 1 is 1.18 bits per heavy atom. The van der Waals surface area contributed by atoms with Crippen LogP contribution in [0.4, 0.5) is 11.4 Å². The predicted molar refractivity (Wildman–Crippen MR) is 79.4 cm³/mol. The van der Waals surface area contributed by atoms with Crippen molar-refractivity contribution in [3.05, 3.63) is 29.5 Å². The molecule has 2 N–H and O–H groups in total. The third-order valence-electron chi connectivity index (χ3n) is 2.65. The van der Waals surface area contributed by atoms with Gasteiger partial charge in [-0.2, -0.15) is 15.8 Å². The first-order valence-corrected chi connectivity index (χ1v) is 6.29. The lowest BCUT2D eigenvalue weighted by Gasteiger charge is -2.12. The first kappa shape index (κ1) is 16.6. The van der Waals surface area contributed by atoms with E-state index in [9.17, 15) is 4.79 Å². The summed E-state index contributed by atoms with van der Waals surface area (Å²) < 4.78 is 5.15. The summed E-state index contributed by atoms with van der Waals surface area (Å²) in [5.74, 6) is 0.236. The van der Waals surface area contributed by atoms with Crippen molar-refractivity contribution in [3.63, 3.8) is 0 Å². The molecule has 110 valence electrons. The van der Waals surface area contributed by atoms with Crippen LogP contribution in [0.1, 0.15) is 13.3 Å². The fourth-order valence-corrected chi connectivity index (χ4v) is 1.55. The molecule has 1 rings (SSSR count). The molecule has 0 aromatic heterocycles. The van der Waals surface area contributed by atoms with Gasteiger partial charge in [0.05, 0.1) is 12.8 Å². The number of methoxy groups -OCH3 is 1. The lowest BCUT2D eigenvalue weighted by Crippen LogP contribution is -2.10. The minimum absolute atomic E-state index is 0.165. The van der Waals surface area contributed by atoms with Crippen molar-refractivity contribution in [3.8, 4) is 24.0 Å². The minimum atomic E-state index is -0.340. The number of ether oxygens (including phenoxy) is 1. The average Bonchev–Trinajstić information content (AvgIpc) is 2.55. The van der Waals surface area contributed by atoms with Gasteiger partial charge < -0.3 is 15.4 Å². The molecule has 1 amide bonds. The Kier molecular flexibility index (Phi) is 5.97. The Bertz CT molecular complexity index is 716. The molecule has 22 heavy (non-hydrogen) atoms. The van der Waals surface area contributed by atoms with Crippen LogP contribution in [0.15, 0.2) is 29.5 Å². The van der Waals surface area contributed by atoms with E-state index in [1.54, 1.807) is 43.3 Å². The molecule has 0 heterocycles. The van der Waals surface area contributed by atoms with E-state index in [-0.39, 0.29) is 17.2 Å². The van der Waals surface area contributed by atoms with E-state index in [1.165, 1.54) is 7.11 Å². The van der Waals surface area contributed by atoms with Gasteiger partial charge in [-0.3, -0.25) is 4.79 Å². The SMILES string of the molecule is CCC(=O)Nc1ccc(OC)c(NC(C#N)=C(C#N)C#N)c1. The third kappa shape index (κ3) is 4.00. The molecule has 0 spiro atoms. The monoisotopic (exact) mass is 295 g/mol. The molecular weight excluding hydrogens is 282 g/mol. The van der Waals surface area contributed by atoms with Crippen LogP contribution < -0.4 is 15.4 Å². The van der Waals surface area contributed by atoms with Crippen LogP contribution in [0.3, 0.4) is 0 Å². The van der Waals surface area contributed by atoms with Gasteiger partial charge in [-0.15, -0.1) is 0 Å². The molecule has 0 saturated carbocycles. The molecule has 1 aromatic carbocycles. The number of benzene rings is 1. The van der Waals surface area contributed by atoms with Crippen LogP contribution in [0, 0.1) is 34.0 Å². The van der Waals surface area contributed by atoms with E-state index < -0.39 is 0 Å². The van der Waals surface area contributed by atoms with Crippen molar-refractivity contribution in [1.82, 2.24) is 0 Å². The number of nitriles is 3. The highest BCUT2D eigenvalue weighted by Crippen LogP contribution is 2.29. The van der Waals surface area contributed by atoms with E-state index in [0.717, 1.165) is 0 Å². The fourth-order valence-electron chi connectivity index (χ4n) is 1.55. The van der Waals surface area contributed by atoms with Crippen LogP contribution in [0.2, 0.25) is 0 Å². The maximum Gasteiger partial charge on any atom is 0.224 e. The summed E-state index contributed by atoms with van der Waals surface area (Å²) >= 11 is 0. The van der Waals surface area contributed by atoms with E-state index >= 15 is 0 Å². The number of nitrogens with zero attached hydrogens (tertiary/aromatic N) is 3. The van der Waals surface area contributed by atoms with Gasteiger partial charge in [0.15, 0.2) is 5.57 Å². The molecule has 0 fully saturated rings. The van der Waals surface area contributed by atoms with Crippen molar-refractivity contribution in [2.75, 3.05) is 17.7 Å².